The zero-order valence-corrected chi connectivity index (χ0v) is 4.70. The van der Waals surface area contributed by atoms with Crippen molar-refractivity contribution in [3.8, 4) is 0 Å². The molecule has 0 aliphatic heterocycles. The van der Waals surface area contributed by atoms with E-state index in [-0.39, 0.29) is 0 Å². The van der Waals surface area contributed by atoms with E-state index in [1.165, 1.54) is 12.8 Å². The Hall–Kier alpha value is -0.0400. The lowest BCUT2D eigenvalue weighted by atomic mass is 10.2. The highest BCUT2D eigenvalue weighted by Crippen LogP contribution is 1.85. The van der Waals surface area contributed by atoms with Crippen LogP contribution in [0.5, 0.6) is 0 Å². The summed E-state index contributed by atoms with van der Waals surface area (Å²) in [4.78, 5) is 0. The molecular weight excluding hydrogens is 74.1 g/mol. The molecule has 0 rings (SSSR count). The molecular formula is C5H14N+. The quantitative estimate of drug-likeness (QED) is 0.506. The average molecular weight is 88.2 g/mol. The van der Waals surface area contributed by atoms with Crippen LogP contribution in [0.1, 0.15) is 26.7 Å². The van der Waals surface area contributed by atoms with Crippen molar-refractivity contribution in [3.05, 3.63) is 0 Å². The Labute approximate surface area is 39.5 Å². The topological polar surface area (TPSA) is 27.6 Å². The minimum atomic E-state index is 0.685. The zero-order valence-electron chi connectivity index (χ0n) is 4.70. The lowest BCUT2D eigenvalue weighted by Gasteiger charge is -1.95. The van der Waals surface area contributed by atoms with Gasteiger partial charge in [0.05, 0.1) is 6.04 Å². The molecule has 0 atom stereocenters. The van der Waals surface area contributed by atoms with Crippen molar-refractivity contribution in [1.82, 2.24) is 0 Å². The Morgan fingerprint density at radius 1 is 1.33 bits per heavy atom. The molecule has 0 saturated carbocycles. The molecule has 0 aromatic rings. The smallest absolute Gasteiger partial charge is 0.0838 e. The van der Waals surface area contributed by atoms with E-state index >= 15 is 0 Å². The standard InChI is InChI=1S/C5H13N/c1-3-5(6)4-2/h5H,3-4,6H2,1-2H3/p+1. The highest BCUT2D eigenvalue weighted by molar-refractivity contribution is 4.41. The summed E-state index contributed by atoms with van der Waals surface area (Å²) in [5.74, 6) is 0. The van der Waals surface area contributed by atoms with Crippen molar-refractivity contribution >= 4 is 0 Å². The van der Waals surface area contributed by atoms with Gasteiger partial charge in [0.25, 0.3) is 0 Å². The highest BCUT2D eigenvalue weighted by Gasteiger charge is 1.93. The van der Waals surface area contributed by atoms with Gasteiger partial charge >= 0.3 is 0 Å². The van der Waals surface area contributed by atoms with Gasteiger partial charge in [-0.25, -0.2) is 0 Å². The molecule has 0 aliphatic carbocycles. The van der Waals surface area contributed by atoms with E-state index in [9.17, 15) is 0 Å². The zero-order chi connectivity index (χ0) is 4.99. The summed E-state index contributed by atoms with van der Waals surface area (Å²) in [6.07, 6.45) is 2.44. The van der Waals surface area contributed by atoms with Crippen molar-refractivity contribution in [2.24, 2.45) is 0 Å². The van der Waals surface area contributed by atoms with Crippen molar-refractivity contribution in [2.75, 3.05) is 0 Å². The summed E-state index contributed by atoms with van der Waals surface area (Å²) in [5, 5.41) is 0. The van der Waals surface area contributed by atoms with Crippen LogP contribution in [0.25, 0.3) is 0 Å². The second-order valence-electron chi connectivity index (χ2n) is 1.68. The Bertz CT molecular complexity index is 23.1. The molecule has 3 N–H and O–H groups in total. The van der Waals surface area contributed by atoms with Crippen molar-refractivity contribution in [3.63, 3.8) is 0 Å². The molecule has 0 aromatic carbocycles. The van der Waals surface area contributed by atoms with Crippen LogP contribution in [0.2, 0.25) is 0 Å². The number of hydrogen-bond acceptors (Lipinski definition) is 0. The van der Waals surface area contributed by atoms with Crippen LogP contribution in [0, 0.1) is 0 Å². The fourth-order valence-electron chi connectivity index (χ4n) is 0.289. The third kappa shape index (κ3) is 2.21. The third-order valence-corrected chi connectivity index (χ3v) is 1.15. The van der Waals surface area contributed by atoms with Crippen LogP contribution in [0.3, 0.4) is 0 Å². The van der Waals surface area contributed by atoms with Crippen LogP contribution >= 0.6 is 0 Å². The lowest BCUT2D eigenvalue weighted by Crippen LogP contribution is -2.60. The first-order valence-electron chi connectivity index (χ1n) is 2.64. The van der Waals surface area contributed by atoms with Crippen molar-refractivity contribution < 1.29 is 5.73 Å². The Kier molecular flexibility index (Phi) is 3.14. The molecule has 1 nitrogen and oxygen atoms in total. The Morgan fingerprint density at radius 2 is 1.67 bits per heavy atom. The Balaban J connectivity index is 2.75. The molecule has 0 amide bonds. The van der Waals surface area contributed by atoms with Crippen LogP contribution in [-0.4, -0.2) is 6.04 Å². The van der Waals surface area contributed by atoms with Gasteiger partial charge < -0.3 is 5.73 Å². The van der Waals surface area contributed by atoms with E-state index < -0.39 is 0 Å². The molecule has 0 bridgehead atoms. The number of hydrogen-bond donors (Lipinski definition) is 1. The first-order valence-corrected chi connectivity index (χ1v) is 2.64. The van der Waals surface area contributed by atoms with E-state index in [2.05, 4.69) is 19.6 Å². The second-order valence-corrected chi connectivity index (χ2v) is 1.68. The van der Waals surface area contributed by atoms with E-state index in [0.29, 0.717) is 6.04 Å². The van der Waals surface area contributed by atoms with Gasteiger partial charge in [-0.1, -0.05) is 13.8 Å². The fraction of sp³-hybridized carbons (Fsp3) is 1.00. The largest absolute Gasteiger partial charge is 0.355 e. The summed E-state index contributed by atoms with van der Waals surface area (Å²) in [5.41, 5.74) is 3.88. The molecule has 6 heavy (non-hydrogen) atoms. The van der Waals surface area contributed by atoms with E-state index in [1.807, 2.05) is 0 Å². The van der Waals surface area contributed by atoms with Crippen molar-refractivity contribution in [1.29, 1.82) is 0 Å². The van der Waals surface area contributed by atoms with Gasteiger partial charge in [0.2, 0.25) is 0 Å². The van der Waals surface area contributed by atoms with E-state index in [0.717, 1.165) is 0 Å². The normalized spacial score (nSPS) is 10.0. The summed E-state index contributed by atoms with van der Waals surface area (Å²) in [7, 11) is 0. The van der Waals surface area contributed by atoms with Crippen LogP contribution in [0.15, 0.2) is 0 Å². The molecule has 0 saturated heterocycles. The number of rotatable bonds is 2. The van der Waals surface area contributed by atoms with Gasteiger partial charge in [0, 0.05) is 0 Å². The summed E-state index contributed by atoms with van der Waals surface area (Å²) in [6.45, 7) is 4.34. The first kappa shape index (κ1) is 5.96. The van der Waals surface area contributed by atoms with Gasteiger partial charge in [0.1, 0.15) is 0 Å². The predicted molar refractivity (Wildman–Crippen MR) is 27.3 cm³/mol. The SMILES string of the molecule is CCC([NH3+])CC. The Morgan fingerprint density at radius 3 is 1.67 bits per heavy atom. The van der Waals surface area contributed by atoms with Gasteiger partial charge in [-0.2, -0.15) is 0 Å². The maximum Gasteiger partial charge on any atom is 0.0838 e. The van der Waals surface area contributed by atoms with Gasteiger partial charge in [0.15, 0.2) is 0 Å². The lowest BCUT2D eigenvalue weighted by molar-refractivity contribution is -0.420. The summed E-state index contributed by atoms with van der Waals surface area (Å²) < 4.78 is 0. The highest BCUT2D eigenvalue weighted by atomic mass is 14.6. The molecule has 0 heterocycles. The minimum absolute atomic E-state index is 0.685. The molecule has 38 valence electrons. The molecule has 1 heteroatoms. The predicted octanol–water partition coefficient (Wildman–Crippen LogP) is 0.417. The molecule has 0 radical (unpaired) electrons. The molecule has 0 aliphatic rings. The minimum Gasteiger partial charge on any atom is -0.355 e. The molecule has 0 fully saturated rings. The monoisotopic (exact) mass is 88.1 g/mol. The van der Waals surface area contributed by atoms with E-state index in [1.54, 1.807) is 0 Å². The van der Waals surface area contributed by atoms with E-state index in [4.69, 9.17) is 0 Å². The second kappa shape index (κ2) is 3.16. The molecule has 0 aromatic heterocycles. The molecule has 0 spiro atoms. The third-order valence-electron chi connectivity index (χ3n) is 1.15. The summed E-state index contributed by atoms with van der Waals surface area (Å²) >= 11 is 0. The van der Waals surface area contributed by atoms with Crippen molar-refractivity contribution in [2.45, 2.75) is 32.7 Å². The summed E-state index contributed by atoms with van der Waals surface area (Å²) in [6, 6.07) is 0.685. The maximum atomic E-state index is 3.88. The van der Waals surface area contributed by atoms with Crippen LogP contribution in [0.4, 0.5) is 0 Å². The maximum absolute atomic E-state index is 3.88. The fourth-order valence-corrected chi connectivity index (χ4v) is 0.289. The van der Waals surface area contributed by atoms with Gasteiger partial charge in [-0.15, -0.1) is 0 Å². The first-order chi connectivity index (χ1) is 2.81. The van der Waals surface area contributed by atoms with Gasteiger partial charge in [-0.05, 0) is 12.8 Å². The number of quaternary nitrogens is 1. The average Bonchev–Trinajstić information content (AvgIpc) is 1.65. The van der Waals surface area contributed by atoms with Gasteiger partial charge in [-0.3, -0.25) is 0 Å². The van der Waals surface area contributed by atoms with Crippen LogP contribution in [-0.2, 0) is 0 Å². The van der Waals surface area contributed by atoms with Crippen LogP contribution < -0.4 is 5.73 Å². The molecule has 0 unspecified atom stereocenters.